The van der Waals surface area contributed by atoms with Crippen LogP contribution in [0.4, 0.5) is 5.69 Å². The molecule has 0 spiro atoms. The number of aryl methyl sites for hydroxylation is 1. The van der Waals surface area contributed by atoms with Gasteiger partial charge in [-0.15, -0.1) is 0 Å². The van der Waals surface area contributed by atoms with Gasteiger partial charge in [0.15, 0.2) is 0 Å². The maximum Gasteiger partial charge on any atom is 0.264 e. The molecule has 1 heterocycles. The molecule has 1 amide bonds. The number of piperidine rings is 1. The van der Waals surface area contributed by atoms with Gasteiger partial charge in [0, 0.05) is 20.1 Å². The average molecular weight is 372 g/mol. The number of carbonyl (C=O) groups is 1. The van der Waals surface area contributed by atoms with Crippen LogP contribution in [0.1, 0.15) is 35.2 Å². The molecule has 0 atom stereocenters. The number of hydrogen-bond acceptors (Lipinski definition) is 3. The first kappa shape index (κ1) is 18.5. The quantitative estimate of drug-likeness (QED) is 0.826. The van der Waals surface area contributed by atoms with E-state index in [9.17, 15) is 13.2 Å². The summed E-state index contributed by atoms with van der Waals surface area (Å²) in [6.07, 6.45) is 3.12. The number of sulfonamides is 1. The number of para-hydroxylation sites is 1. The standard InChI is InChI=1S/C20H24N2O3S/c1-16-10-12-17(13-11-16)26(24,25)21(2)19-9-5-4-8-18(19)20(23)22-14-6-3-7-15-22/h4-5,8-13H,3,6-7,14-15H2,1-2H3. The van der Waals surface area contributed by atoms with E-state index in [0.717, 1.165) is 37.9 Å². The molecule has 138 valence electrons. The van der Waals surface area contributed by atoms with Gasteiger partial charge >= 0.3 is 0 Å². The second-order valence-corrected chi connectivity index (χ2v) is 8.62. The topological polar surface area (TPSA) is 57.7 Å². The number of hydrogen-bond donors (Lipinski definition) is 0. The van der Waals surface area contributed by atoms with Gasteiger partial charge in [-0.25, -0.2) is 8.42 Å². The van der Waals surface area contributed by atoms with E-state index in [-0.39, 0.29) is 10.8 Å². The lowest BCUT2D eigenvalue weighted by molar-refractivity contribution is 0.0725. The van der Waals surface area contributed by atoms with Crippen molar-refractivity contribution in [1.82, 2.24) is 4.90 Å². The summed E-state index contributed by atoms with van der Waals surface area (Å²) in [6.45, 7) is 3.36. The highest BCUT2D eigenvalue weighted by atomic mass is 32.2. The lowest BCUT2D eigenvalue weighted by Gasteiger charge is -2.29. The van der Waals surface area contributed by atoms with E-state index in [2.05, 4.69) is 0 Å². The third-order valence-electron chi connectivity index (χ3n) is 4.80. The zero-order valence-corrected chi connectivity index (χ0v) is 16.0. The molecule has 2 aromatic rings. The van der Waals surface area contributed by atoms with Gasteiger partial charge in [-0.2, -0.15) is 0 Å². The van der Waals surface area contributed by atoms with Crippen LogP contribution >= 0.6 is 0 Å². The Morgan fingerprint density at radius 2 is 1.58 bits per heavy atom. The predicted molar refractivity (Wildman–Crippen MR) is 103 cm³/mol. The summed E-state index contributed by atoms with van der Waals surface area (Å²) < 4.78 is 27.2. The predicted octanol–water partition coefficient (Wildman–Crippen LogP) is 3.45. The Morgan fingerprint density at radius 1 is 0.962 bits per heavy atom. The molecule has 3 rings (SSSR count). The second-order valence-electron chi connectivity index (χ2n) is 6.66. The molecule has 1 saturated heterocycles. The summed E-state index contributed by atoms with van der Waals surface area (Å²) in [4.78, 5) is 15.0. The van der Waals surface area contributed by atoms with Crippen molar-refractivity contribution in [3.05, 3.63) is 59.7 Å². The summed E-state index contributed by atoms with van der Waals surface area (Å²) in [5, 5.41) is 0. The molecule has 1 fully saturated rings. The Morgan fingerprint density at radius 3 is 2.23 bits per heavy atom. The van der Waals surface area contributed by atoms with Crippen LogP contribution in [-0.4, -0.2) is 39.4 Å². The fraction of sp³-hybridized carbons (Fsp3) is 0.350. The summed E-state index contributed by atoms with van der Waals surface area (Å²) in [5.41, 5.74) is 1.82. The first-order valence-corrected chi connectivity index (χ1v) is 10.3. The smallest absolute Gasteiger partial charge is 0.264 e. The van der Waals surface area contributed by atoms with Crippen molar-refractivity contribution in [2.24, 2.45) is 0 Å². The molecule has 1 aliphatic heterocycles. The van der Waals surface area contributed by atoms with Crippen LogP contribution in [0.25, 0.3) is 0 Å². The summed E-state index contributed by atoms with van der Waals surface area (Å²) in [5.74, 6) is -0.105. The minimum atomic E-state index is -3.73. The van der Waals surface area contributed by atoms with Crippen LogP contribution < -0.4 is 4.31 Å². The van der Waals surface area contributed by atoms with E-state index in [1.807, 2.05) is 11.8 Å². The van der Waals surface area contributed by atoms with Gasteiger partial charge in [-0.05, 0) is 50.5 Å². The molecule has 6 heteroatoms. The zero-order chi connectivity index (χ0) is 18.7. The van der Waals surface area contributed by atoms with Crippen LogP contribution in [0.15, 0.2) is 53.4 Å². The molecular weight excluding hydrogens is 348 g/mol. The van der Waals surface area contributed by atoms with Crippen LogP contribution in [0.3, 0.4) is 0 Å². The number of anilines is 1. The van der Waals surface area contributed by atoms with Crippen molar-refractivity contribution >= 4 is 21.6 Å². The molecule has 0 saturated carbocycles. The lowest BCUT2D eigenvalue weighted by atomic mass is 10.1. The summed E-state index contributed by atoms with van der Waals surface area (Å²) >= 11 is 0. The Hall–Kier alpha value is -2.34. The van der Waals surface area contributed by atoms with Gasteiger partial charge in [0.05, 0.1) is 16.1 Å². The van der Waals surface area contributed by atoms with Gasteiger partial charge in [0.1, 0.15) is 0 Å². The van der Waals surface area contributed by atoms with Crippen LogP contribution in [0.5, 0.6) is 0 Å². The van der Waals surface area contributed by atoms with Crippen LogP contribution in [0, 0.1) is 6.92 Å². The van der Waals surface area contributed by atoms with Gasteiger partial charge in [0.25, 0.3) is 15.9 Å². The summed E-state index contributed by atoms with van der Waals surface area (Å²) in [6, 6.07) is 13.6. The minimum Gasteiger partial charge on any atom is -0.339 e. The average Bonchev–Trinajstić information content (AvgIpc) is 2.68. The molecular formula is C20H24N2O3S. The van der Waals surface area contributed by atoms with Crippen molar-refractivity contribution in [2.45, 2.75) is 31.1 Å². The van der Waals surface area contributed by atoms with Crippen molar-refractivity contribution in [3.63, 3.8) is 0 Å². The molecule has 0 unspecified atom stereocenters. The number of amides is 1. The number of rotatable bonds is 4. The van der Waals surface area contributed by atoms with Gasteiger partial charge < -0.3 is 4.90 Å². The molecule has 0 N–H and O–H groups in total. The van der Waals surface area contributed by atoms with Crippen molar-refractivity contribution < 1.29 is 13.2 Å². The fourth-order valence-electron chi connectivity index (χ4n) is 3.19. The Bertz CT molecular complexity index is 886. The third-order valence-corrected chi connectivity index (χ3v) is 6.58. The monoisotopic (exact) mass is 372 g/mol. The largest absolute Gasteiger partial charge is 0.339 e. The highest BCUT2D eigenvalue weighted by Crippen LogP contribution is 2.27. The normalized spacial score (nSPS) is 14.9. The van der Waals surface area contributed by atoms with E-state index in [4.69, 9.17) is 0 Å². The number of nitrogens with zero attached hydrogens (tertiary/aromatic N) is 2. The first-order chi connectivity index (χ1) is 12.4. The Labute approximate surface area is 155 Å². The maximum absolute atomic E-state index is 13.0. The Balaban J connectivity index is 1.96. The fourth-order valence-corrected chi connectivity index (χ4v) is 4.41. The van der Waals surface area contributed by atoms with E-state index >= 15 is 0 Å². The molecule has 5 nitrogen and oxygen atoms in total. The first-order valence-electron chi connectivity index (χ1n) is 8.85. The van der Waals surface area contributed by atoms with Gasteiger partial charge in [0.2, 0.25) is 0 Å². The molecule has 0 radical (unpaired) electrons. The molecule has 1 aliphatic rings. The minimum absolute atomic E-state index is 0.105. The van der Waals surface area contributed by atoms with E-state index < -0.39 is 10.0 Å². The molecule has 2 aromatic carbocycles. The molecule has 0 aliphatic carbocycles. The number of benzene rings is 2. The molecule has 0 bridgehead atoms. The SMILES string of the molecule is Cc1ccc(S(=O)(=O)N(C)c2ccccc2C(=O)N2CCCCC2)cc1. The van der Waals surface area contributed by atoms with Crippen molar-refractivity contribution in [2.75, 3.05) is 24.4 Å². The summed E-state index contributed by atoms with van der Waals surface area (Å²) in [7, 11) is -2.24. The third kappa shape index (κ3) is 3.60. The van der Waals surface area contributed by atoms with Crippen molar-refractivity contribution in [3.8, 4) is 0 Å². The van der Waals surface area contributed by atoms with Crippen LogP contribution in [-0.2, 0) is 10.0 Å². The van der Waals surface area contributed by atoms with E-state index in [1.54, 1.807) is 48.5 Å². The van der Waals surface area contributed by atoms with Crippen molar-refractivity contribution in [1.29, 1.82) is 0 Å². The highest BCUT2D eigenvalue weighted by molar-refractivity contribution is 7.92. The van der Waals surface area contributed by atoms with Crippen LogP contribution in [0.2, 0.25) is 0 Å². The maximum atomic E-state index is 13.0. The number of likely N-dealkylation sites (tertiary alicyclic amines) is 1. The lowest BCUT2D eigenvalue weighted by Crippen LogP contribution is -2.37. The molecule has 26 heavy (non-hydrogen) atoms. The molecule has 0 aromatic heterocycles. The van der Waals surface area contributed by atoms with Gasteiger partial charge in [-0.1, -0.05) is 29.8 Å². The second kappa shape index (κ2) is 7.50. The van der Waals surface area contributed by atoms with Gasteiger partial charge in [-0.3, -0.25) is 9.10 Å². The zero-order valence-electron chi connectivity index (χ0n) is 15.2. The highest BCUT2D eigenvalue weighted by Gasteiger charge is 2.27. The van der Waals surface area contributed by atoms with E-state index in [1.165, 1.54) is 11.4 Å². The van der Waals surface area contributed by atoms with E-state index in [0.29, 0.717) is 11.3 Å². The number of carbonyl (C=O) groups excluding carboxylic acids is 1. The Kier molecular flexibility index (Phi) is 5.32.